The monoisotopic (exact) mass is 397 g/mol. The molecule has 6 heteroatoms. The van der Waals surface area contributed by atoms with Gasteiger partial charge < -0.3 is 14.6 Å². The number of rotatable bonds is 5. The number of ether oxygens (including phenoxy) is 2. The molecule has 1 heterocycles. The van der Waals surface area contributed by atoms with Crippen LogP contribution in [0.2, 0.25) is 0 Å². The summed E-state index contributed by atoms with van der Waals surface area (Å²) in [6.45, 7) is 7.60. The highest BCUT2D eigenvalue weighted by Crippen LogP contribution is 2.61. The Morgan fingerprint density at radius 2 is 2.21 bits per heavy atom. The molecule has 3 aliphatic rings. The van der Waals surface area contributed by atoms with Crippen LogP contribution in [-0.4, -0.2) is 41.3 Å². The quantitative estimate of drug-likeness (QED) is 0.357. The maximum Gasteiger partial charge on any atom is 0.313 e. The van der Waals surface area contributed by atoms with Gasteiger partial charge >= 0.3 is 5.97 Å². The van der Waals surface area contributed by atoms with E-state index in [2.05, 4.69) is 11.6 Å². The fourth-order valence-corrected chi connectivity index (χ4v) is 5.02. The van der Waals surface area contributed by atoms with Gasteiger partial charge in [0.15, 0.2) is 23.4 Å². The molecule has 0 aromatic heterocycles. The van der Waals surface area contributed by atoms with Crippen molar-refractivity contribution in [1.29, 1.82) is 0 Å². The molecule has 3 atom stereocenters. The summed E-state index contributed by atoms with van der Waals surface area (Å²) >= 11 is 0. The van der Waals surface area contributed by atoms with Crippen molar-refractivity contribution >= 4 is 18.0 Å². The minimum Gasteiger partial charge on any atom is -0.477 e. The van der Waals surface area contributed by atoms with Crippen LogP contribution in [0.25, 0.3) is 0 Å². The second-order valence-electron chi connectivity index (χ2n) is 8.50. The van der Waals surface area contributed by atoms with Gasteiger partial charge in [-0.25, -0.2) is 0 Å². The lowest BCUT2D eigenvalue weighted by Gasteiger charge is -2.50. The number of hydrogen-bond acceptors (Lipinski definition) is 6. The molecule has 1 aromatic carbocycles. The molecular weight excluding hydrogens is 370 g/mol. The van der Waals surface area contributed by atoms with E-state index in [0.29, 0.717) is 30.9 Å². The SMILES string of the molecule is C=CCN=CC1(O)CCC(=O)C2Oc3c(OC(=O)C(C)C)ccc4c3C21CCC4. The molecule has 1 aromatic rings. The standard InChI is InChI=1S/C23H27NO5/c1-4-12-24-13-22(27)11-9-16(25)20-23(22)10-5-6-15-7-8-17(19(29-20)18(15)23)28-21(26)14(2)3/h4,7-8,13-14,20,27H,1,5-6,9-12H2,2-3H3. The molecule has 1 aliphatic heterocycles. The average molecular weight is 397 g/mol. The third-order valence-electron chi connectivity index (χ3n) is 6.39. The number of aliphatic hydroxyl groups is 1. The number of ketones is 1. The number of carbonyl (C=O) groups is 2. The van der Waals surface area contributed by atoms with Crippen molar-refractivity contribution in [1.82, 2.24) is 0 Å². The second kappa shape index (κ2) is 7.10. The normalized spacial score (nSPS) is 30.1. The zero-order valence-electron chi connectivity index (χ0n) is 16.9. The molecule has 3 unspecified atom stereocenters. The molecule has 0 bridgehead atoms. The van der Waals surface area contributed by atoms with Crippen LogP contribution in [0.3, 0.4) is 0 Å². The maximum absolute atomic E-state index is 12.9. The highest BCUT2D eigenvalue weighted by atomic mass is 16.6. The number of aryl methyl sites for hydroxylation is 1. The van der Waals surface area contributed by atoms with Crippen LogP contribution in [0.15, 0.2) is 29.8 Å². The lowest BCUT2D eigenvalue weighted by molar-refractivity contribution is -0.141. The van der Waals surface area contributed by atoms with Gasteiger partial charge in [-0.2, -0.15) is 0 Å². The molecule has 1 spiro atoms. The number of benzene rings is 1. The van der Waals surface area contributed by atoms with E-state index in [1.54, 1.807) is 32.2 Å². The predicted octanol–water partition coefficient (Wildman–Crippen LogP) is 2.93. The van der Waals surface area contributed by atoms with Gasteiger partial charge in [-0.15, -0.1) is 6.58 Å². The van der Waals surface area contributed by atoms with Gasteiger partial charge in [0.05, 0.1) is 17.9 Å². The van der Waals surface area contributed by atoms with Crippen LogP contribution in [0.1, 0.15) is 50.7 Å². The van der Waals surface area contributed by atoms with E-state index in [1.165, 1.54) is 0 Å². The molecule has 0 saturated heterocycles. The van der Waals surface area contributed by atoms with Crippen molar-refractivity contribution in [2.45, 2.75) is 63.1 Å². The first-order valence-electron chi connectivity index (χ1n) is 10.3. The predicted molar refractivity (Wildman–Crippen MR) is 109 cm³/mol. The first kappa shape index (κ1) is 19.8. The summed E-state index contributed by atoms with van der Waals surface area (Å²) in [5.74, 6) is 0.0550. The minimum absolute atomic E-state index is 0.0306. The van der Waals surface area contributed by atoms with Gasteiger partial charge in [-0.3, -0.25) is 14.6 Å². The molecule has 0 radical (unpaired) electrons. The zero-order chi connectivity index (χ0) is 20.8. The summed E-state index contributed by atoms with van der Waals surface area (Å²) in [7, 11) is 0. The molecular formula is C23H27NO5. The number of Topliss-reactive ketones (excluding diaryl/α,β-unsaturated/α-hetero) is 1. The van der Waals surface area contributed by atoms with Gasteiger partial charge in [-0.1, -0.05) is 26.0 Å². The van der Waals surface area contributed by atoms with E-state index >= 15 is 0 Å². The summed E-state index contributed by atoms with van der Waals surface area (Å²) in [5.41, 5.74) is -0.377. The van der Waals surface area contributed by atoms with Crippen LogP contribution in [0, 0.1) is 5.92 Å². The first-order chi connectivity index (χ1) is 13.8. The summed E-state index contributed by atoms with van der Waals surface area (Å²) in [5, 5.41) is 11.8. The van der Waals surface area contributed by atoms with Crippen LogP contribution in [-0.2, 0) is 21.4 Å². The molecule has 29 heavy (non-hydrogen) atoms. The summed E-state index contributed by atoms with van der Waals surface area (Å²) in [6.07, 6.45) is 5.22. The molecule has 1 fully saturated rings. The van der Waals surface area contributed by atoms with Crippen LogP contribution in [0.5, 0.6) is 11.5 Å². The zero-order valence-corrected chi connectivity index (χ0v) is 16.9. The van der Waals surface area contributed by atoms with Crippen molar-refractivity contribution < 1.29 is 24.2 Å². The van der Waals surface area contributed by atoms with Crippen LogP contribution in [0.4, 0.5) is 0 Å². The summed E-state index contributed by atoms with van der Waals surface area (Å²) in [6, 6.07) is 3.66. The van der Waals surface area contributed by atoms with Crippen molar-refractivity contribution in [3.8, 4) is 11.5 Å². The maximum atomic E-state index is 12.9. The molecule has 1 saturated carbocycles. The summed E-state index contributed by atoms with van der Waals surface area (Å²) < 4.78 is 11.8. The number of aliphatic imine (C=N–C) groups is 1. The Morgan fingerprint density at radius 3 is 2.93 bits per heavy atom. The van der Waals surface area contributed by atoms with Gasteiger partial charge in [0.1, 0.15) is 5.60 Å². The fraction of sp³-hybridized carbons (Fsp3) is 0.522. The lowest BCUT2D eigenvalue weighted by atomic mass is 9.54. The largest absolute Gasteiger partial charge is 0.477 e. The Kier molecular flexibility index (Phi) is 4.85. The van der Waals surface area contributed by atoms with Gasteiger partial charge in [-0.05, 0) is 37.3 Å². The molecule has 0 amide bonds. The third kappa shape index (κ3) is 2.84. The van der Waals surface area contributed by atoms with Crippen molar-refractivity contribution in [2.75, 3.05) is 6.54 Å². The Hall–Kier alpha value is -2.47. The van der Waals surface area contributed by atoms with Crippen LogP contribution >= 0.6 is 0 Å². The van der Waals surface area contributed by atoms with E-state index in [-0.39, 0.29) is 24.1 Å². The highest BCUT2D eigenvalue weighted by Gasteiger charge is 2.67. The Labute approximate surface area is 170 Å². The lowest BCUT2D eigenvalue weighted by Crippen LogP contribution is -2.65. The van der Waals surface area contributed by atoms with E-state index in [4.69, 9.17) is 9.47 Å². The number of hydrogen-bond donors (Lipinski definition) is 1. The number of nitrogens with zero attached hydrogens (tertiary/aromatic N) is 1. The smallest absolute Gasteiger partial charge is 0.313 e. The van der Waals surface area contributed by atoms with E-state index in [1.807, 2.05) is 6.07 Å². The Morgan fingerprint density at radius 1 is 1.41 bits per heavy atom. The second-order valence-corrected chi connectivity index (χ2v) is 8.50. The minimum atomic E-state index is -1.31. The van der Waals surface area contributed by atoms with Crippen molar-refractivity contribution in [2.24, 2.45) is 10.9 Å². The molecule has 6 nitrogen and oxygen atoms in total. The molecule has 1 N–H and O–H groups in total. The highest BCUT2D eigenvalue weighted by molar-refractivity contribution is 5.93. The van der Waals surface area contributed by atoms with Crippen LogP contribution < -0.4 is 9.47 Å². The van der Waals surface area contributed by atoms with Gasteiger partial charge in [0.2, 0.25) is 0 Å². The third-order valence-corrected chi connectivity index (χ3v) is 6.39. The topological polar surface area (TPSA) is 85.2 Å². The van der Waals surface area contributed by atoms with Crippen molar-refractivity contribution in [3.63, 3.8) is 0 Å². The Bertz CT molecular complexity index is 905. The average Bonchev–Trinajstić information content (AvgIpc) is 3.07. The summed E-state index contributed by atoms with van der Waals surface area (Å²) in [4.78, 5) is 29.5. The molecule has 4 rings (SSSR count). The number of carbonyl (C=O) groups excluding carboxylic acids is 2. The van der Waals surface area contributed by atoms with E-state index in [0.717, 1.165) is 24.0 Å². The fourth-order valence-electron chi connectivity index (χ4n) is 5.02. The molecule has 2 aliphatic carbocycles. The van der Waals surface area contributed by atoms with E-state index in [9.17, 15) is 14.7 Å². The van der Waals surface area contributed by atoms with Crippen molar-refractivity contribution in [3.05, 3.63) is 35.9 Å². The van der Waals surface area contributed by atoms with Gasteiger partial charge in [0, 0.05) is 18.2 Å². The van der Waals surface area contributed by atoms with Gasteiger partial charge in [0.25, 0.3) is 0 Å². The number of esters is 1. The molecule has 154 valence electrons. The van der Waals surface area contributed by atoms with E-state index < -0.39 is 17.1 Å². The first-order valence-corrected chi connectivity index (χ1v) is 10.3. The Balaban J connectivity index is 1.89.